The van der Waals surface area contributed by atoms with Crippen LogP contribution in [0.2, 0.25) is 0 Å². The van der Waals surface area contributed by atoms with E-state index in [4.69, 9.17) is 5.11 Å². The lowest BCUT2D eigenvalue weighted by molar-refractivity contribution is 0.0698. The van der Waals surface area contributed by atoms with Gasteiger partial charge < -0.3 is 20.6 Å². The number of fused-ring (bicyclic) bond motifs is 1. The molecule has 3 N–H and O–H groups in total. The van der Waals surface area contributed by atoms with Gasteiger partial charge in [0.1, 0.15) is 0 Å². The van der Waals surface area contributed by atoms with Crippen molar-refractivity contribution in [3.05, 3.63) is 83.2 Å². The maximum atomic E-state index is 10.5. The zero-order valence-corrected chi connectivity index (χ0v) is 18.5. The summed E-state index contributed by atoms with van der Waals surface area (Å²) >= 11 is 0. The number of aromatic nitrogens is 1. The first kappa shape index (κ1) is 22.3. The highest BCUT2D eigenvalue weighted by molar-refractivity contribution is 5.93. The van der Waals surface area contributed by atoms with E-state index in [-0.39, 0.29) is 5.56 Å². The molecule has 1 aromatic heterocycles. The molecule has 162 valence electrons. The smallest absolute Gasteiger partial charge is 0.337 e. The molecule has 1 aliphatic heterocycles. The van der Waals surface area contributed by atoms with Crippen LogP contribution in [0.25, 0.3) is 0 Å². The van der Waals surface area contributed by atoms with Crippen molar-refractivity contribution in [2.75, 3.05) is 24.3 Å². The summed E-state index contributed by atoms with van der Waals surface area (Å²) in [7, 11) is 3.79. The van der Waals surface area contributed by atoms with E-state index in [1.807, 2.05) is 0 Å². The molecule has 6 heteroatoms. The molecule has 0 saturated heterocycles. The minimum absolute atomic E-state index is 0.238. The third-order valence-corrected chi connectivity index (χ3v) is 5.48. The molecule has 0 unspecified atom stereocenters. The van der Waals surface area contributed by atoms with Crippen molar-refractivity contribution in [1.29, 1.82) is 0 Å². The Morgan fingerprint density at radius 3 is 2.35 bits per heavy atom. The molecule has 0 radical (unpaired) electrons. The van der Waals surface area contributed by atoms with Crippen LogP contribution in [0, 0.1) is 0 Å². The molecular formula is C25H30N4O2. The zero-order valence-electron chi connectivity index (χ0n) is 18.5. The highest BCUT2D eigenvalue weighted by Crippen LogP contribution is 2.28. The van der Waals surface area contributed by atoms with Gasteiger partial charge in [-0.05, 0) is 52.9 Å². The Balaban J connectivity index is 0.000000210. The van der Waals surface area contributed by atoms with Gasteiger partial charge in [-0.25, -0.2) is 4.79 Å². The van der Waals surface area contributed by atoms with E-state index in [1.54, 1.807) is 7.05 Å². The molecule has 0 aliphatic carbocycles. The van der Waals surface area contributed by atoms with E-state index in [1.165, 1.54) is 46.5 Å². The summed E-state index contributed by atoms with van der Waals surface area (Å²) in [4.78, 5) is 16.5. The lowest BCUT2D eigenvalue weighted by Gasteiger charge is -2.21. The molecular weight excluding hydrogens is 388 g/mol. The van der Waals surface area contributed by atoms with Crippen LogP contribution < -0.4 is 15.5 Å². The summed E-state index contributed by atoms with van der Waals surface area (Å²) in [5.74, 6) is -0.364. The third kappa shape index (κ3) is 5.41. The van der Waals surface area contributed by atoms with Gasteiger partial charge in [0.25, 0.3) is 0 Å². The summed E-state index contributed by atoms with van der Waals surface area (Å²) in [6.07, 6.45) is 2.92. The Morgan fingerprint density at radius 1 is 1.06 bits per heavy atom. The highest BCUT2D eigenvalue weighted by atomic mass is 16.4. The van der Waals surface area contributed by atoms with Crippen LogP contribution in [-0.2, 0) is 13.1 Å². The fourth-order valence-corrected chi connectivity index (χ4v) is 3.50. The van der Waals surface area contributed by atoms with Gasteiger partial charge in [-0.2, -0.15) is 0 Å². The molecule has 2 heterocycles. The van der Waals surface area contributed by atoms with E-state index in [9.17, 15) is 4.79 Å². The minimum Gasteiger partial charge on any atom is -0.478 e. The molecule has 4 rings (SSSR count). The van der Waals surface area contributed by atoms with Crippen LogP contribution in [-0.4, -0.2) is 30.2 Å². The number of aromatic carboxylic acids is 1. The number of rotatable bonds is 5. The maximum absolute atomic E-state index is 10.5. The van der Waals surface area contributed by atoms with E-state index in [0.29, 0.717) is 11.6 Å². The quantitative estimate of drug-likeness (QED) is 0.541. The fourth-order valence-electron chi connectivity index (χ4n) is 3.50. The van der Waals surface area contributed by atoms with Gasteiger partial charge in [0.05, 0.1) is 17.4 Å². The molecule has 0 spiro atoms. The molecule has 0 atom stereocenters. The molecule has 0 saturated carbocycles. The van der Waals surface area contributed by atoms with Crippen LogP contribution in [0.3, 0.4) is 0 Å². The number of anilines is 3. The van der Waals surface area contributed by atoms with Gasteiger partial charge in [-0.3, -0.25) is 4.98 Å². The van der Waals surface area contributed by atoms with Crippen molar-refractivity contribution in [2.45, 2.75) is 32.9 Å². The van der Waals surface area contributed by atoms with Gasteiger partial charge >= 0.3 is 5.97 Å². The molecule has 3 aromatic rings. The van der Waals surface area contributed by atoms with Gasteiger partial charge in [0, 0.05) is 44.8 Å². The van der Waals surface area contributed by atoms with E-state index < -0.39 is 5.97 Å². The second kappa shape index (κ2) is 10.1. The van der Waals surface area contributed by atoms with Gasteiger partial charge in [-0.1, -0.05) is 32.0 Å². The predicted octanol–water partition coefficient (Wildman–Crippen LogP) is 5.00. The first-order chi connectivity index (χ1) is 14.9. The molecule has 1 aliphatic rings. The van der Waals surface area contributed by atoms with Crippen molar-refractivity contribution in [3.63, 3.8) is 0 Å². The topological polar surface area (TPSA) is 77.5 Å². The van der Waals surface area contributed by atoms with Crippen LogP contribution in [0.1, 0.15) is 46.8 Å². The minimum atomic E-state index is -0.947. The zero-order chi connectivity index (χ0) is 22.4. The Bertz CT molecular complexity index is 1030. The fraction of sp³-hybridized carbons (Fsp3) is 0.280. The molecule has 0 amide bonds. The highest BCUT2D eigenvalue weighted by Gasteiger charge is 2.12. The number of carboxylic acids is 1. The largest absolute Gasteiger partial charge is 0.478 e. The number of nitrogens with one attached hydrogen (secondary N) is 2. The number of benzene rings is 2. The third-order valence-electron chi connectivity index (χ3n) is 5.48. The monoisotopic (exact) mass is 418 g/mol. The first-order valence-corrected chi connectivity index (χ1v) is 10.4. The van der Waals surface area contributed by atoms with Crippen molar-refractivity contribution < 1.29 is 9.90 Å². The summed E-state index contributed by atoms with van der Waals surface area (Å²) in [6.45, 7) is 6.45. The van der Waals surface area contributed by atoms with Crippen molar-refractivity contribution in [1.82, 2.24) is 10.3 Å². The molecule has 31 heavy (non-hydrogen) atoms. The van der Waals surface area contributed by atoms with Crippen LogP contribution in [0.15, 0.2) is 60.9 Å². The number of hydrogen-bond donors (Lipinski definition) is 3. The molecule has 0 bridgehead atoms. The van der Waals surface area contributed by atoms with Crippen molar-refractivity contribution in [2.24, 2.45) is 0 Å². The second-order valence-corrected chi connectivity index (χ2v) is 7.84. The van der Waals surface area contributed by atoms with Crippen LogP contribution in [0.5, 0.6) is 0 Å². The van der Waals surface area contributed by atoms with Crippen molar-refractivity contribution >= 4 is 23.0 Å². The Kier molecular flexibility index (Phi) is 7.26. The SMILES string of the molecule is CC(C)c1ccc(N(C)c2ccc3c(c2)CNC3)cc1.CNc1cnccc1C(=O)O. The number of carbonyl (C=O) groups is 1. The van der Waals surface area contributed by atoms with Gasteiger partial charge in [0.2, 0.25) is 0 Å². The standard InChI is InChI=1S/C18H22N2.C7H8N2O2/c1-13(2)14-4-7-17(8-5-14)20(3)18-9-6-15-11-19-12-16(15)10-18;1-8-6-4-9-3-2-5(6)7(10)11/h4-10,13,19H,11-12H2,1-3H3;2-4,8H,1H3,(H,10,11). The molecule has 6 nitrogen and oxygen atoms in total. The molecule has 2 aromatic carbocycles. The summed E-state index contributed by atoms with van der Waals surface area (Å²) in [5.41, 5.74) is 7.50. The average Bonchev–Trinajstić information content (AvgIpc) is 3.27. The second-order valence-electron chi connectivity index (χ2n) is 7.84. The predicted molar refractivity (Wildman–Crippen MR) is 126 cm³/mol. The van der Waals surface area contributed by atoms with E-state index in [2.05, 4.69) is 83.9 Å². The number of pyridine rings is 1. The maximum Gasteiger partial charge on any atom is 0.337 e. The van der Waals surface area contributed by atoms with E-state index >= 15 is 0 Å². The van der Waals surface area contributed by atoms with Crippen LogP contribution >= 0.6 is 0 Å². The Morgan fingerprint density at radius 2 is 1.74 bits per heavy atom. The first-order valence-electron chi connectivity index (χ1n) is 10.4. The summed E-state index contributed by atoms with van der Waals surface area (Å²) in [5, 5.41) is 14.8. The van der Waals surface area contributed by atoms with Crippen LogP contribution in [0.4, 0.5) is 17.1 Å². The Labute approximate surface area is 184 Å². The number of hydrogen-bond acceptors (Lipinski definition) is 5. The van der Waals surface area contributed by atoms with Gasteiger partial charge in [-0.15, -0.1) is 0 Å². The normalized spacial score (nSPS) is 12.0. The number of carboxylic acid groups (broad SMARTS) is 1. The molecule has 0 fully saturated rings. The summed E-state index contributed by atoms with van der Waals surface area (Å²) in [6, 6.07) is 17.1. The van der Waals surface area contributed by atoms with Crippen molar-refractivity contribution in [3.8, 4) is 0 Å². The van der Waals surface area contributed by atoms with Gasteiger partial charge in [0.15, 0.2) is 0 Å². The lowest BCUT2D eigenvalue weighted by atomic mass is 10.0. The Hall–Kier alpha value is -3.38. The summed E-state index contributed by atoms with van der Waals surface area (Å²) < 4.78 is 0. The number of nitrogens with zero attached hydrogens (tertiary/aromatic N) is 2. The average molecular weight is 419 g/mol. The van der Waals surface area contributed by atoms with E-state index in [0.717, 1.165) is 13.1 Å². The lowest BCUT2D eigenvalue weighted by Crippen LogP contribution is -2.09.